The Bertz CT molecular complexity index is 892. The third kappa shape index (κ3) is 3.14. The number of piperidine rings is 1. The molecule has 1 aliphatic rings. The monoisotopic (exact) mass is 339 g/mol. The SMILES string of the molecule is CC1CCN(Cc2nc3sc(-c4ccccc4)cc3c(=O)[nH]2)CC1. The quantitative estimate of drug-likeness (QED) is 0.788. The van der Waals surface area contributed by atoms with Crippen LogP contribution >= 0.6 is 11.3 Å². The summed E-state index contributed by atoms with van der Waals surface area (Å²) in [6, 6.07) is 12.1. The van der Waals surface area contributed by atoms with Crippen LogP contribution in [0.1, 0.15) is 25.6 Å². The molecule has 0 radical (unpaired) electrons. The summed E-state index contributed by atoms with van der Waals surface area (Å²) >= 11 is 1.59. The Morgan fingerprint density at radius 2 is 2.00 bits per heavy atom. The van der Waals surface area contributed by atoms with Crippen LogP contribution < -0.4 is 5.56 Å². The highest BCUT2D eigenvalue weighted by atomic mass is 32.1. The van der Waals surface area contributed by atoms with E-state index in [4.69, 9.17) is 4.98 Å². The number of H-pyrrole nitrogens is 1. The number of benzene rings is 1. The van der Waals surface area contributed by atoms with Crippen molar-refractivity contribution in [1.82, 2.24) is 14.9 Å². The fourth-order valence-electron chi connectivity index (χ4n) is 3.23. The van der Waals surface area contributed by atoms with Crippen LogP contribution in [0.3, 0.4) is 0 Å². The van der Waals surface area contributed by atoms with E-state index in [1.54, 1.807) is 11.3 Å². The van der Waals surface area contributed by atoms with Crippen LogP contribution in [0.2, 0.25) is 0 Å². The molecule has 1 aromatic carbocycles. The Morgan fingerprint density at radius 1 is 1.25 bits per heavy atom. The maximum absolute atomic E-state index is 12.4. The highest BCUT2D eigenvalue weighted by Crippen LogP contribution is 2.30. The van der Waals surface area contributed by atoms with E-state index in [0.717, 1.165) is 46.6 Å². The Kier molecular flexibility index (Phi) is 4.21. The first-order valence-electron chi connectivity index (χ1n) is 8.49. The number of hydrogen-bond donors (Lipinski definition) is 1. The van der Waals surface area contributed by atoms with Gasteiger partial charge >= 0.3 is 0 Å². The Balaban J connectivity index is 1.63. The van der Waals surface area contributed by atoms with E-state index in [2.05, 4.69) is 28.9 Å². The molecule has 1 fully saturated rings. The van der Waals surface area contributed by atoms with Crippen LogP contribution in [-0.2, 0) is 6.54 Å². The zero-order valence-electron chi connectivity index (χ0n) is 13.8. The van der Waals surface area contributed by atoms with E-state index < -0.39 is 0 Å². The molecule has 0 atom stereocenters. The van der Waals surface area contributed by atoms with Crippen molar-refractivity contribution in [3.63, 3.8) is 0 Å². The summed E-state index contributed by atoms with van der Waals surface area (Å²) in [5, 5.41) is 0.690. The second-order valence-electron chi connectivity index (χ2n) is 6.67. The minimum absolute atomic E-state index is 0.0289. The molecule has 3 aromatic rings. The molecule has 5 heteroatoms. The van der Waals surface area contributed by atoms with E-state index in [1.165, 1.54) is 12.8 Å². The van der Waals surface area contributed by atoms with Gasteiger partial charge in [0.1, 0.15) is 10.7 Å². The van der Waals surface area contributed by atoms with Gasteiger partial charge in [0.05, 0.1) is 11.9 Å². The average molecular weight is 339 g/mol. The van der Waals surface area contributed by atoms with Gasteiger partial charge in [0.2, 0.25) is 0 Å². The first-order chi connectivity index (χ1) is 11.7. The maximum atomic E-state index is 12.4. The zero-order chi connectivity index (χ0) is 16.5. The van der Waals surface area contributed by atoms with Gasteiger partial charge in [-0.15, -0.1) is 11.3 Å². The zero-order valence-corrected chi connectivity index (χ0v) is 14.6. The van der Waals surface area contributed by atoms with E-state index >= 15 is 0 Å². The molecule has 1 N–H and O–H groups in total. The van der Waals surface area contributed by atoms with Crippen molar-refractivity contribution in [2.75, 3.05) is 13.1 Å². The number of nitrogens with one attached hydrogen (secondary N) is 1. The van der Waals surface area contributed by atoms with Crippen molar-refractivity contribution in [1.29, 1.82) is 0 Å². The van der Waals surface area contributed by atoms with Crippen LogP contribution in [0.25, 0.3) is 20.7 Å². The molecule has 0 aliphatic carbocycles. The molecule has 1 aliphatic heterocycles. The van der Waals surface area contributed by atoms with Crippen molar-refractivity contribution in [2.24, 2.45) is 5.92 Å². The molecular formula is C19H21N3OS. The molecule has 2 aromatic heterocycles. The van der Waals surface area contributed by atoms with Crippen LogP contribution in [0.4, 0.5) is 0 Å². The van der Waals surface area contributed by atoms with E-state index in [0.29, 0.717) is 5.39 Å². The summed E-state index contributed by atoms with van der Waals surface area (Å²) in [6.45, 7) is 5.21. The van der Waals surface area contributed by atoms with E-state index in [1.807, 2.05) is 24.3 Å². The molecule has 0 spiro atoms. The predicted octanol–water partition coefficient (Wildman–Crippen LogP) is 3.88. The maximum Gasteiger partial charge on any atom is 0.259 e. The standard InChI is InChI=1S/C19H21N3OS/c1-13-7-9-22(10-8-13)12-17-20-18(23)15-11-16(24-19(15)21-17)14-5-3-2-4-6-14/h2-6,11,13H,7-10,12H2,1H3,(H,20,21,23). The van der Waals surface area contributed by atoms with Crippen molar-refractivity contribution >= 4 is 21.6 Å². The number of aromatic amines is 1. The van der Waals surface area contributed by atoms with Gasteiger partial charge in [0.25, 0.3) is 5.56 Å². The fraction of sp³-hybridized carbons (Fsp3) is 0.368. The van der Waals surface area contributed by atoms with E-state index in [9.17, 15) is 4.79 Å². The molecule has 0 amide bonds. The third-order valence-corrected chi connectivity index (χ3v) is 5.84. The topological polar surface area (TPSA) is 49.0 Å². The van der Waals surface area contributed by atoms with Gasteiger partial charge in [-0.05, 0) is 43.5 Å². The molecule has 4 nitrogen and oxygen atoms in total. The number of likely N-dealkylation sites (tertiary alicyclic amines) is 1. The Labute approximate surface area is 145 Å². The van der Waals surface area contributed by atoms with Crippen molar-refractivity contribution in [3.05, 3.63) is 52.6 Å². The average Bonchev–Trinajstić information content (AvgIpc) is 3.03. The number of hydrogen-bond acceptors (Lipinski definition) is 4. The molecule has 4 rings (SSSR count). The largest absolute Gasteiger partial charge is 0.309 e. The lowest BCUT2D eigenvalue weighted by molar-refractivity contribution is 0.181. The van der Waals surface area contributed by atoms with Gasteiger partial charge in [-0.2, -0.15) is 0 Å². The van der Waals surface area contributed by atoms with Crippen molar-refractivity contribution < 1.29 is 0 Å². The number of thiophene rings is 1. The van der Waals surface area contributed by atoms with Crippen LogP contribution in [0.15, 0.2) is 41.2 Å². The smallest absolute Gasteiger partial charge is 0.259 e. The van der Waals surface area contributed by atoms with Crippen molar-refractivity contribution in [3.8, 4) is 10.4 Å². The fourth-order valence-corrected chi connectivity index (χ4v) is 4.28. The summed E-state index contributed by atoms with van der Waals surface area (Å²) in [5.74, 6) is 1.59. The first kappa shape index (κ1) is 15.5. The summed E-state index contributed by atoms with van der Waals surface area (Å²) in [5.41, 5.74) is 1.10. The number of aromatic nitrogens is 2. The second kappa shape index (κ2) is 6.49. The molecule has 0 bridgehead atoms. The minimum Gasteiger partial charge on any atom is -0.309 e. The molecule has 3 heterocycles. The lowest BCUT2D eigenvalue weighted by Gasteiger charge is -2.29. The van der Waals surface area contributed by atoms with Gasteiger partial charge < -0.3 is 4.98 Å². The van der Waals surface area contributed by atoms with Gasteiger partial charge in [-0.1, -0.05) is 37.3 Å². The van der Waals surface area contributed by atoms with Gasteiger partial charge in [-0.3, -0.25) is 9.69 Å². The van der Waals surface area contributed by atoms with Gasteiger partial charge in [-0.25, -0.2) is 4.98 Å². The predicted molar refractivity (Wildman–Crippen MR) is 99.4 cm³/mol. The second-order valence-corrected chi connectivity index (χ2v) is 7.70. The summed E-state index contributed by atoms with van der Waals surface area (Å²) < 4.78 is 0. The number of rotatable bonds is 3. The van der Waals surface area contributed by atoms with Gasteiger partial charge in [0, 0.05) is 4.88 Å². The highest BCUT2D eigenvalue weighted by molar-refractivity contribution is 7.21. The molecule has 1 saturated heterocycles. The molecule has 24 heavy (non-hydrogen) atoms. The minimum atomic E-state index is -0.0289. The lowest BCUT2D eigenvalue weighted by atomic mass is 9.99. The molecule has 0 unspecified atom stereocenters. The summed E-state index contributed by atoms with van der Waals surface area (Å²) in [7, 11) is 0. The van der Waals surface area contributed by atoms with E-state index in [-0.39, 0.29) is 5.56 Å². The summed E-state index contributed by atoms with van der Waals surface area (Å²) in [6.07, 6.45) is 2.45. The highest BCUT2D eigenvalue weighted by Gasteiger charge is 2.17. The van der Waals surface area contributed by atoms with Crippen molar-refractivity contribution in [2.45, 2.75) is 26.3 Å². The first-order valence-corrected chi connectivity index (χ1v) is 9.31. The lowest BCUT2D eigenvalue weighted by Crippen LogP contribution is -2.33. The normalized spacial score (nSPS) is 16.7. The number of fused-ring (bicyclic) bond motifs is 1. The Morgan fingerprint density at radius 3 is 2.75 bits per heavy atom. The summed E-state index contributed by atoms with van der Waals surface area (Å²) in [4.78, 5) is 24.4. The molecule has 124 valence electrons. The molecular weight excluding hydrogens is 318 g/mol. The Hall–Kier alpha value is -1.98. The molecule has 0 saturated carbocycles. The van der Waals surface area contributed by atoms with Gasteiger partial charge in [0.15, 0.2) is 0 Å². The third-order valence-electron chi connectivity index (χ3n) is 4.76. The van der Waals surface area contributed by atoms with Crippen LogP contribution in [0.5, 0.6) is 0 Å². The van der Waals surface area contributed by atoms with Crippen LogP contribution in [0, 0.1) is 5.92 Å². The van der Waals surface area contributed by atoms with Crippen LogP contribution in [-0.4, -0.2) is 28.0 Å². The number of nitrogens with zero attached hydrogens (tertiary/aromatic N) is 2.